The molecular formula is C12H20N2. The quantitative estimate of drug-likeness (QED) is 0.791. The molecule has 0 aliphatic rings. The summed E-state index contributed by atoms with van der Waals surface area (Å²) < 4.78 is 0. The van der Waals surface area contributed by atoms with Crippen molar-refractivity contribution in [2.45, 2.75) is 13.8 Å². The Morgan fingerprint density at radius 2 is 1.79 bits per heavy atom. The van der Waals surface area contributed by atoms with Gasteiger partial charge in [-0.15, -0.1) is 0 Å². The Balaban J connectivity index is 2.64. The molecule has 0 saturated carbocycles. The zero-order chi connectivity index (χ0) is 10.6. The SMILES string of the molecule is CN(CC(C)(C)CN)c1ccccc1. The van der Waals surface area contributed by atoms with Crippen molar-refractivity contribution < 1.29 is 0 Å². The number of rotatable bonds is 4. The Morgan fingerprint density at radius 1 is 1.21 bits per heavy atom. The van der Waals surface area contributed by atoms with Gasteiger partial charge in [0.15, 0.2) is 0 Å². The van der Waals surface area contributed by atoms with Gasteiger partial charge < -0.3 is 10.6 Å². The van der Waals surface area contributed by atoms with Crippen LogP contribution in [0.4, 0.5) is 5.69 Å². The number of hydrogen-bond donors (Lipinski definition) is 1. The van der Waals surface area contributed by atoms with E-state index in [1.165, 1.54) is 5.69 Å². The summed E-state index contributed by atoms with van der Waals surface area (Å²) in [5, 5.41) is 0. The minimum absolute atomic E-state index is 0.171. The molecule has 78 valence electrons. The van der Waals surface area contributed by atoms with Gasteiger partial charge in [0.05, 0.1) is 0 Å². The average molecular weight is 192 g/mol. The molecule has 0 atom stereocenters. The highest BCUT2D eigenvalue weighted by Gasteiger charge is 2.17. The topological polar surface area (TPSA) is 29.3 Å². The Kier molecular flexibility index (Phi) is 3.53. The van der Waals surface area contributed by atoms with E-state index in [4.69, 9.17) is 5.73 Å². The molecule has 1 aromatic rings. The lowest BCUT2D eigenvalue weighted by Gasteiger charge is -2.30. The fraction of sp³-hybridized carbons (Fsp3) is 0.500. The molecule has 0 unspecified atom stereocenters. The van der Waals surface area contributed by atoms with E-state index in [1.807, 2.05) is 6.07 Å². The fourth-order valence-corrected chi connectivity index (χ4v) is 1.48. The number of anilines is 1. The van der Waals surface area contributed by atoms with Crippen LogP contribution < -0.4 is 10.6 Å². The molecule has 2 heteroatoms. The molecule has 0 radical (unpaired) electrons. The van der Waals surface area contributed by atoms with Crippen molar-refractivity contribution in [3.8, 4) is 0 Å². The standard InChI is InChI=1S/C12H20N2/c1-12(2,9-13)10-14(3)11-7-5-4-6-8-11/h4-8H,9-10,13H2,1-3H3. The summed E-state index contributed by atoms with van der Waals surface area (Å²) in [5.41, 5.74) is 7.12. The third kappa shape index (κ3) is 3.04. The minimum atomic E-state index is 0.171. The monoisotopic (exact) mass is 192 g/mol. The molecule has 0 heterocycles. The number of benzene rings is 1. The second-order valence-electron chi connectivity index (χ2n) is 4.56. The van der Waals surface area contributed by atoms with Crippen LogP contribution in [0.5, 0.6) is 0 Å². The van der Waals surface area contributed by atoms with Crippen molar-refractivity contribution in [3.63, 3.8) is 0 Å². The van der Waals surface area contributed by atoms with Crippen molar-refractivity contribution in [2.75, 3.05) is 25.0 Å². The molecule has 0 aromatic heterocycles. The van der Waals surface area contributed by atoms with Crippen LogP contribution in [0.25, 0.3) is 0 Å². The van der Waals surface area contributed by atoms with E-state index in [9.17, 15) is 0 Å². The van der Waals surface area contributed by atoms with Gasteiger partial charge in [0.2, 0.25) is 0 Å². The first kappa shape index (κ1) is 11.1. The van der Waals surface area contributed by atoms with Crippen molar-refractivity contribution in [2.24, 2.45) is 11.1 Å². The molecule has 2 N–H and O–H groups in total. The zero-order valence-electron chi connectivity index (χ0n) is 9.33. The van der Waals surface area contributed by atoms with E-state index >= 15 is 0 Å². The second-order valence-corrected chi connectivity index (χ2v) is 4.56. The van der Waals surface area contributed by atoms with Gasteiger partial charge in [-0.1, -0.05) is 32.0 Å². The maximum atomic E-state index is 5.71. The van der Waals surface area contributed by atoms with Crippen molar-refractivity contribution in [3.05, 3.63) is 30.3 Å². The van der Waals surface area contributed by atoms with E-state index in [-0.39, 0.29) is 5.41 Å². The first-order valence-electron chi connectivity index (χ1n) is 5.01. The molecule has 0 aliphatic carbocycles. The number of para-hydroxylation sites is 1. The van der Waals surface area contributed by atoms with Gasteiger partial charge in [-0.25, -0.2) is 0 Å². The number of nitrogens with zero attached hydrogens (tertiary/aromatic N) is 1. The Hall–Kier alpha value is -1.02. The van der Waals surface area contributed by atoms with Crippen LogP contribution in [-0.2, 0) is 0 Å². The Morgan fingerprint density at radius 3 is 2.29 bits per heavy atom. The van der Waals surface area contributed by atoms with E-state index in [0.717, 1.165) is 6.54 Å². The fourth-order valence-electron chi connectivity index (χ4n) is 1.48. The summed E-state index contributed by atoms with van der Waals surface area (Å²) in [4.78, 5) is 2.24. The molecule has 1 aromatic carbocycles. The van der Waals surface area contributed by atoms with E-state index in [0.29, 0.717) is 6.54 Å². The van der Waals surface area contributed by atoms with Crippen LogP contribution >= 0.6 is 0 Å². The predicted molar refractivity (Wildman–Crippen MR) is 62.5 cm³/mol. The summed E-state index contributed by atoms with van der Waals surface area (Å²) >= 11 is 0. The third-order valence-electron chi connectivity index (χ3n) is 2.41. The Labute approximate surface area is 86.7 Å². The summed E-state index contributed by atoms with van der Waals surface area (Å²) in [6.07, 6.45) is 0. The van der Waals surface area contributed by atoms with Gasteiger partial charge in [-0.3, -0.25) is 0 Å². The second kappa shape index (κ2) is 4.47. The highest BCUT2D eigenvalue weighted by atomic mass is 15.1. The maximum Gasteiger partial charge on any atom is 0.0363 e. The van der Waals surface area contributed by atoms with Crippen LogP contribution in [0, 0.1) is 5.41 Å². The molecule has 0 spiro atoms. The molecule has 0 fully saturated rings. The predicted octanol–water partition coefficient (Wildman–Crippen LogP) is 2.11. The molecule has 1 rings (SSSR count). The first-order chi connectivity index (χ1) is 6.55. The van der Waals surface area contributed by atoms with Crippen molar-refractivity contribution in [1.82, 2.24) is 0 Å². The smallest absolute Gasteiger partial charge is 0.0363 e. The van der Waals surface area contributed by atoms with E-state index < -0.39 is 0 Å². The summed E-state index contributed by atoms with van der Waals surface area (Å²) in [5.74, 6) is 0. The van der Waals surface area contributed by atoms with Gasteiger partial charge in [-0.05, 0) is 24.1 Å². The molecule has 0 saturated heterocycles. The van der Waals surface area contributed by atoms with Gasteiger partial charge >= 0.3 is 0 Å². The normalized spacial score (nSPS) is 11.4. The van der Waals surface area contributed by atoms with Gasteiger partial charge in [0.1, 0.15) is 0 Å². The number of nitrogens with two attached hydrogens (primary N) is 1. The first-order valence-corrected chi connectivity index (χ1v) is 5.01. The van der Waals surface area contributed by atoms with Crippen LogP contribution in [-0.4, -0.2) is 20.1 Å². The zero-order valence-corrected chi connectivity index (χ0v) is 9.33. The van der Waals surface area contributed by atoms with Crippen molar-refractivity contribution >= 4 is 5.69 Å². The number of hydrogen-bond acceptors (Lipinski definition) is 2. The minimum Gasteiger partial charge on any atom is -0.374 e. The largest absolute Gasteiger partial charge is 0.374 e. The van der Waals surface area contributed by atoms with Gasteiger partial charge in [0.25, 0.3) is 0 Å². The molecule has 2 nitrogen and oxygen atoms in total. The van der Waals surface area contributed by atoms with Crippen LogP contribution in [0.3, 0.4) is 0 Å². The van der Waals surface area contributed by atoms with Crippen LogP contribution in [0.1, 0.15) is 13.8 Å². The lowest BCUT2D eigenvalue weighted by atomic mass is 9.93. The summed E-state index contributed by atoms with van der Waals surface area (Å²) in [6.45, 7) is 6.07. The van der Waals surface area contributed by atoms with E-state index in [1.54, 1.807) is 0 Å². The summed E-state index contributed by atoms with van der Waals surface area (Å²) in [7, 11) is 2.10. The lowest BCUT2D eigenvalue weighted by molar-refractivity contribution is 0.385. The van der Waals surface area contributed by atoms with Crippen LogP contribution in [0.15, 0.2) is 30.3 Å². The van der Waals surface area contributed by atoms with Gasteiger partial charge in [0, 0.05) is 19.3 Å². The third-order valence-corrected chi connectivity index (χ3v) is 2.41. The highest BCUT2D eigenvalue weighted by Crippen LogP contribution is 2.19. The van der Waals surface area contributed by atoms with Crippen molar-refractivity contribution in [1.29, 1.82) is 0 Å². The summed E-state index contributed by atoms with van der Waals surface area (Å²) in [6, 6.07) is 10.4. The molecule has 14 heavy (non-hydrogen) atoms. The van der Waals surface area contributed by atoms with E-state index in [2.05, 4.69) is 50.1 Å². The molecule has 0 amide bonds. The molecular weight excluding hydrogens is 172 g/mol. The maximum absolute atomic E-state index is 5.71. The van der Waals surface area contributed by atoms with Gasteiger partial charge in [-0.2, -0.15) is 0 Å². The highest BCUT2D eigenvalue weighted by molar-refractivity contribution is 5.45. The molecule has 0 aliphatic heterocycles. The molecule has 0 bridgehead atoms. The van der Waals surface area contributed by atoms with Crippen LogP contribution in [0.2, 0.25) is 0 Å². The lowest BCUT2D eigenvalue weighted by Crippen LogP contribution is -2.36. The Bertz CT molecular complexity index is 267. The average Bonchev–Trinajstić information content (AvgIpc) is 2.19.